The molecule has 0 amide bonds. The lowest BCUT2D eigenvalue weighted by atomic mass is 10.1. The summed E-state index contributed by atoms with van der Waals surface area (Å²) in [6.07, 6.45) is 1.62. The molecule has 0 heterocycles. The molecule has 1 aromatic rings. The van der Waals surface area contributed by atoms with Crippen LogP contribution in [0.5, 0.6) is 0 Å². The van der Waals surface area contributed by atoms with Crippen molar-refractivity contribution in [1.29, 1.82) is 0 Å². The van der Waals surface area contributed by atoms with Gasteiger partial charge in [0.1, 0.15) is 0 Å². The predicted molar refractivity (Wildman–Crippen MR) is 63.3 cm³/mol. The molecule has 0 aromatic heterocycles. The van der Waals surface area contributed by atoms with Crippen LogP contribution in [-0.2, 0) is 11.2 Å². The fourth-order valence-electron chi connectivity index (χ4n) is 1.48. The molecule has 1 aromatic carbocycles. The zero-order chi connectivity index (χ0) is 11.6. The SMILES string of the molecule is OCCCOCC[C@@H](O)Cc1ccccc1. The number of rotatable bonds is 8. The average molecular weight is 224 g/mol. The topological polar surface area (TPSA) is 49.7 Å². The van der Waals surface area contributed by atoms with Gasteiger partial charge in [-0.2, -0.15) is 0 Å². The van der Waals surface area contributed by atoms with Gasteiger partial charge in [-0.1, -0.05) is 30.3 Å². The van der Waals surface area contributed by atoms with E-state index < -0.39 is 0 Å². The Morgan fingerprint density at radius 1 is 1.12 bits per heavy atom. The molecule has 0 aliphatic rings. The van der Waals surface area contributed by atoms with Crippen LogP contribution in [0.25, 0.3) is 0 Å². The average Bonchev–Trinajstić information content (AvgIpc) is 2.30. The van der Waals surface area contributed by atoms with Gasteiger partial charge in [-0.05, 0) is 24.8 Å². The van der Waals surface area contributed by atoms with Gasteiger partial charge in [-0.3, -0.25) is 0 Å². The Bertz CT molecular complexity index is 261. The van der Waals surface area contributed by atoms with Crippen LogP contribution in [0.4, 0.5) is 0 Å². The minimum absolute atomic E-state index is 0.159. The monoisotopic (exact) mass is 224 g/mol. The molecule has 3 heteroatoms. The van der Waals surface area contributed by atoms with Crippen molar-refractivity contribution in [2.75, 3.05) is 19.8 Å². The maximum absolute atomic E-state index is 9.73. The summed E-state index contributed by atoms with van der Waals surface area (Å²) in [5, 5.41) is 18.3. The molecule has 0 radical (unpaired) electrons. The predicted octanol–water partition coefficient (Wildman–Crippen LogP) is 1.38. The van der Waals surface area contributed by atoms with E-state index in [4.69, 9.17) is 9.84 Å². The third-order valence-electron chi connectivity index (χ3n) is 2.36. The van der Waals surface area contributed by atoms with Crippen molar-refractivity contribution in [3.05, 3.63) is 35.9 Å². The maximum atomic E-state index is 9.73. The first-order valence-electron chi connectivity index (χ1n) is 5.73. The number of benzene rings is 1. The van der Waals surface area contributed by atoms with Gasteiger partial charge in [0.2, 0.25) is 0 Å². The van der Waals surface area contributed by atoms with E-state index in [0.717, 1.165) is 5.56 Å². The van der Waals surface area contributed by atoms with Crippen LogP contribution in [0.3, 0.4) is 0 Å². The van der Waals surface area contributed by atoms with Crippen LogP contribution >= 0.6 is 0 Å². The molecule has 90 valence electrons. The van der Waals surface area contributed by atoms with Gasteiger partial charge in [0.05, 0.1) is 6.10 Å². The van der Waals surface area contributed by atoms with E-state index in [0.29, 0.717) is 32.5 Å². The highest BCUT2D eigenvalue weighted by molar-refractivity contribution is 5.15. The Morgan fingerprint density at radius 2 is 1.88 bits per heavy atom. The van der Waals surface area contributed by atoms with Crippen LogP contribution in [0.1, 0.15) is 18.4 Å². The summed E-state index contributed by atoms with van der Waals surface area (Å²) in [5.74, 6) is 0. The fraction of sp³-hybridized carbons (Fsp3) is 0.538. The van der Waals surface area contributed by atoms with Crippen molar-refractivity contribution < 1.29 is 14.9 Å². The quantitative estimate of drug-likeness (QED) is 0.656. The highest BCUT2D eigenvalue weighted by atomic mass is 16.5. The second kappa shape index (κ2) is 8.28. The molecule has 1 atom stereocenters. The number of aliphatic hydroxyl groups excluding tert-OH is 2. The fourth-order valence-corrected chi connectivity index (χ4v) is 1.48. The van der Waals surface area contributed by atoms with Crippen molar-refractivity contribution in [2.45, 2.75) is 25.4 Å². The highest BCUT2D eigenvalue weighted by Crippen LogP contribution is 2.05. The van der Waals surface area contributed by atoms with Crippen molar-refractivity contribution in [1.82, 2.24) is 0 Å². The molecule has 3 nitrogen and oxygen atoms in total. The van der Waals surface area contributed by atoms with E-state index in [9.17, 15) is 5.11 Å². The van der Waals surface area contributed by atoms with E-state index in [-0.39, 0.29) is 12.7 Å². The van der Waals surface area contributed by atoms with Gasteiger partial charge in [-0.15, -0.1) is 0 Å². The largest absolute Gasteiger partial charge is 0.396 e. The van der Waals surface area contributed by atoms with Crippen LogP contribution in [-0.4, -0.2) is 36.1 Å². The minimum Gasteiger partial charge on any atom is -0.396 e. The third-order valence-corrected chi connectivity index (χ3v) is 2.36. The van der Waals surface area contributed by atoms with Crippen LogP contribution in [0.2, 0.25) is 0 Å². The first-order chi connectivity index (χ1) is 7.83. The maximum Gasteiger partial charge on any atom is 0.0602 e. The molecule has 0 spiro atoms. The summed E-state index contributed by atoms with van der Waals surface area (Å²) in [4.78, 5) is 0. The van der Waals surface area contributed by atoms with Gasteiger partial charge in [0, 0.05) is 19.8 Å². The lowest BCUT2D eigenvalue weighted by Crippen LogP contribution is -2.14. The molecule has 16 heavy (non-hydrogen) atoms. The standard InChI is InChI=1S/C13H20O3/c14-8-4-9-16-10-7-13(15)11-12-5-2-1-3-6-12/h1-3,5-6,13-15H,4,7-11H2/t13-/m1/s1. The summed E-state index contributed by atoms with van der Waals surface area (Å²) in [6, 6.07) is 9.93. The highest BCUT2D eigenvalue weighted by Gasteiger charge is 2.04. The molecule has 2 N–H and O–H groups in total. The first-order valence-corrected chi connectivity index (χ1v) is 5.73. The number of ether oxygens (including phenoxy) is 1. The van der Waals surface area contributed by atoms with Gasteiger partial charge in [0.15, 0.2) is 0 Å². The molecule has 1 rings (SSSR count). The second-order valence-corrected chi connectivity index (χ2v) is 3.82. The minimum atomic E-state index is -0.350. The lowest BCUT2D eigenvalue weighted by molar-refractivity contribution is 0.0744. The Hall–Kier alpha value is -0.900. The van der Waals surface area contributed by atoms with Crippen molar-refractivity contribution in [2.24, 2.45) is 0 Å². The Balaban J connectivity index is 2.09. The Labute approximate surface area is 96.7 Å². The normalized spacial score (nSPS) is 12.6. The van der Waals surface area contributed by atoms with Gasteiger partial charge >= 0.3 is 0 Å². The number of hydrogen-bond acceptors (Lipinski definition) is 3. The van der Waals surface area contributed by atoms with Gasteiger partial charge in [-0.25, -0.2) is 0 Å². The Morgan fingerprint density at radius 3 is 2.56 bits per heavy atom. The van der Waals surface area contributed by atoms with Crippen molar-refractivity contribution in [3.8, 4) is 0 Å². The molecule has 0 saturated carbocycles. The molecule has 0 unspecified atom stereocenters. The summed E-state index contributed by atoms with van der Waals surface area (Å²) in [5.41, 5.74) is 1.14. The van der Waals surface area contributed by atoms with E-state index in [1.54, 1.807) is 0 Å². The summed E-state index contributed by atoms with van der Waals surface area (Å²) < 4.78 is 5.26. The summed E-state index contributed by atoms with van der Waals surface area (Å²) in [7, 11) is 0. The van der Waals surface area contributed by atoms with E-state index in [1.807, 2.05) is 30.3 Å². The lowest BCUT2D eigenvalue weighted by Gasteiger charge is -2.10. The first kappa shape index (κ1) is 13.2. The smallest absolute Gasteiger partial charge is 0.0602 e. The number of aliphatic hydroxyl groups is 2. The molecule has 0 aliphatic carbocycles. The number of hydrogen-bond donors (Lipinski definition) is 2. The molecular weight excluding hydrogens is 204 g/mol. The van der Waals surface area contributed by atoms with Crippen molar-refractivity contribution >= 4 is 0 Å². The second-order valence-electron chi connectivity index (χ2n) is 3.82. The van der Waals surface area contributed by atoms with Crippen molar-refractivity contribution in [3.63, 3.8) is 0 Å². The van der Waals surface area contributed by atoms with Gasteiger partial charge < -0.3 is 14.9 Å². The van der Waals surface area contributed by atoms with Crippen LogP contribution < -0.4 is 0 Å². The zero-order valence-electron chi connectivity index (χ0n) is 9.51. The molecule has 0 fully saturated rings. The van der Waals surface area contributed by atoms with Gasteiger partial charge in [0.25, 0.3) is 0 Å². The summed E-state index contributed by atoms with van der Waals surface area (Å²) >= 11 is 0. The third kappa shape index (κ3) is 5.85. The molecule has 0 aliphatic heterocycles. The van der Waals surface area contributed by atoms with E-state index >= 15 is 0 Å². The Kier molecular flexibility index (Phi) is 6.81. The zero-order valence-corrected chi connectivity index (χ0v) is 9.51. The van der Waals surface area contributed by atoms with Crippen LogP contribution in [0, 0.1) is 0 Å². The van der Waals surface area contributed by atoms with E-state index in [2.05, 4.69) is 0 Å². The molecule has 0 saturated heterocycles. The molecular formula is C13H20O3. The molecule has 0 bridgehead atoms. The summed E-state index contributed by atoms with van der Waals surface area (Å²) in [6.45, 7) is 1.27. The van der Waals surface area contributed by atoms with Crippen LogP contribution in [0.15, 0.2) is 30.3 Å². The van der Waals surface area contributed by atoms with E-state index in [1.165, 1.54) is 0 Å².